The first kappa shape index (κ1) is 29.8. The number of carbonyl (C=O) groups excluding carboxylic acids is 4. The minimum atomic E-state index is -0.705. The van der Waals surface area contributed by atoms with Gasteiger partial charge in [0.15, 0.2) is 0 Å². The summed E-state index contributed by atoms with van der Waals surface area (Å²) in [7, 11) is 0. The molecule has 3 N–H and O–H groups in total. The average molecular weight is 553 g/mol. The predicted molar refractivity (Wildman–Crippen MR) is 152 cm³/mol. The molecule has 4 amide bonds. The number of ether oxygens (including phenoxy) is 1. The summed E-state index contributed by atoms with van der Waals surface area (Å²) in [6.45, 7) is 7.30. The number of allylic oxidation sites excluding steroid dienone is 2. The Hall–Kier alpha value is -3.20. The van der Waals surface area contributed by atoms with Crippen LogP contribution in [0.25, 0.3) is 0 Å². The zero-order chi connectivity index (χ0) is 28.7. The summed E-state index contributed by atoms with van der Waals surface area (Å²) >= 11 is 0. The van der Waals surface area contributed by atoms with E-state index in [-0.39, 0.29) is 41.5 Å². The van der Waals surface area contributed by atoms with Gasteiger partial charge in [0.1, 0.15) is 12.1 Å². The van der Waals surface area contributed by atoms with Gasteiger partial charge in [0.05, 0.1) is 5.41 Å². The summed E-state index contributed by atoms with van der Waals surface area (Å²) in [5, 5.41) is 9.17. The molecule has 3 heterocycles. The highest BCUT2D eigenvalue weighted by Gasteiger charge is 2.42. The van der Waals surface area contributed by atoms with Gasteiger partial charge in [-0.1, -0.05) is 56.3 Å². The molecule has 9 nitrogen and oxygen atoms in total. The lowest BCUT2D eigenvalue weighted by Gasteiger charge is -2.41. The van der Waals surface area contributed by atoms with Gasteiger partial charge in [-0.25, -0.2) is 0 Å². The second-order valence-corrected chi connectivity index (χ2v) is 11.9. The van der Waals surface area contributed by atoms with E-state index < -0.39 is 17.5 Å². The highest BCUT2D eigenvalue weighted by Crippen LogP contribution is 2.36. The Balaban J connectivity index is 1.58. The molecule has 0 unspecified atom stereocenters. The highest BCUT2D eigenvalue weighted by atomic mass is 16.5. The maximum atomic E-state index is 13.7. The van der Waals surface area contributed by atoms with E-state index in [9.17, 15) is 19.2 Å². The highest BCUT2D eigenvalue weighted by molar-refractivity contribution is 5.91. The summed E-state index contributed by atoms with van der Waals surface area (Å²) in [5.74, 6) is -0.620. The molecule has 218 valence electrons. The molecule has 0 aromatic heterocycles. The standard InChI is InChI=1S/C31H44N4O5/c1-21(2)27(32-22(3)36)29(38)35-16-12-25-24(20-35)11-7-8-13-31(14-17-40-18-15-31)30(39)34-26(28(37)33-25)19-23-9-5-4-6-10-23/h4-10,21,24-27H,11-20H2,1-3H3,(H,32,36)(H,33,37)(H,34,39)/b8-7+/t24-,25-,26-,27-/m0/s1. The van der Waals surface area contributed by atoms with Crippen molar-refractivity contribution in [3.63, 3.8) is 0 Å². The second kappa shape index (κ2) is 13.4. The molecule has 0 bridgehead atoms. The van der Waals surface area contributed by atoms with Crippen molar-refractivity contribution in [1.82, 2.24) is 20.9 Å². The molecule has 1 aromatic carbocycles. The van der Waals surface area contributed by atoms with Crippen molar-refractivity contribution in [2.45, 2.75) is 77.4 Å². The van der Waals surface area contributed by atoms with Crippen molar-refractivity contribution < 1.29 is 23.9 Å². The first-order chi connectivity index (χ1) is 19.2. The molecule has 1 spiro atoms. The molecule has 3 aliphatic rings. The minimum Gasteiger partial charge on any atom is -0.381 e. The van der Waals surface area contributed by atoms with Gasteiger partial charge >= 0.3 is 0 Å². The zero-order valence-corrected chi connectivity index (χ0v) is 24.0. The van der Waals surface area contributed by atoms with Crippen LogP contribution in [0.3, 0.4) is 0 Å². The summed E-state index contributed by atoms with van der Waals surface area (Å²) in [6.07, 6.45) is 7.67. The fourth-order valence-electron chi connectivity index (χ4n) is 6.11. The second-order valence-electron chi connectivity index (χ2n) is 11.9. The maximum Gasteiger partial charge on any atom is 0.245 e. The van der Waals surface area contributed by atoms with Crippen molar-refractivity contribution in [3.8, 4) is 0 Å². The summed E-state index contributed by atoms with van der Waals surface area (Å²) in [5.41, 5.74) is 0.366. The molecule has 2 fully saturated rings. The van der Waals surface area contributed by atoms with Gasteiger partial charge in [0, 0.05) is 51.6 Å². The quantitative estimate of drug-likeness (QED) is 0.485. The van der Waals surface area contributed by atoms with Gasteiger partial charge in [-0.3, -0.25) is 19.2 Å². The predicted octanol–water partition coefficient (Wildman–Crippen LogP) is 2.35. The van der Waals surface area contributed by atoms with E-state index in [2.05, 4.69) is 28.1 Å². The number of fused-ring (bicyclic) bond motifs is 1. The molecule has 9 heteroatoms. The topological polar surface area (TPSA) is 117 Å². The number of carbonyl (C=O) groups is 4. The Morgan fingerprint density at radius 2 is 1.82 bits per heavy atom. The Kier molecular flexibility index (Phi) is 10.0. The number of nitrogens with zero attached hydrogens (tertiary/aromatic N) is 1. The lowest BCUT2D eigenvalue weighted by molar-refractivity contribution is -0.141. The summed E-state index contributed by atoms with van der Waals surface area (Å²) < 4.78 is 5.58. The normalized spacial score (nSPS) is 26.9. The molecule has 4 rings (SSSR count). The van der Waals surface area contributed by atoms with Crippen molar-refractivity contribution in [2.24, 2.45) is 17.3 Å². The van der Waals surface area contributed by atoms with Crippen LogP contribution in [0, 0.1) is 17.3 Å². The lowest BCUT2D eigenvalue weighted by atomic mass is 9.75. The van der Waals surface area contributed by atoms with E-state index in [1.54, 1.807) is 0 Å². The number of nitrogens with one attached hydrogen (secondary N) is 3. The number of rotatable bonds is 5. The van der Waals surface area contributed by atoms with E-state index in [4.69, 9.17) is 4.74 Å². The lowest BCUT2D eigenvalue weighted by Crippen LogP contribution is -2.60. The van der Waals surface area contributed by atoms with Crippen LogP contribution in [0.5, 0.6) is 0 Å². The summed E-state index contributed by atoms with van der Waals surface area (Å²) in [6, 6.07) is 8.32. The Morgan fingerprint density at radius 1 is 1.10 bits per heavy atom. The van der Waals surface area contributed by atoms with Crippen LogP contribution in [0.2, 0.25) is 0 Å². The first-order valence-corrected chi connectivity index (χ1v) is 14.6. The molecular formula is C31H44N4O5. The number of piperidine rings is 1. The van der Waals surface area contributed by atoms with Gasteiger partial charge in [0.2, 0.25) is 23.6 Å². The van der Waals surface area contributed by atoms with Crippen LogP contribution in [-0.4, -0.2) is 73.0 Å². The van der Waals surface area contributed by atoms with Gasteiger partial charge in [-0.05, 0) is 43.6 Å². The molecule has 0 aliphatic carbocycles. The van der Waals surface area contributed by atoms with Gasteiger partial charge in [-0.15, -0.1) is 0 Å². The van der Waals surface area contributed by atoms with E-state index in [1.807, 2.05) is 49.1 Å². The monoisotopic (exact) mass is 552 g/mol. The molecule has 4 atom stereocenters. The number of hydrogen-bond acceptors (Lipinski definition) is 5. The Morgan fingerprint density at radius 3 is 2.50 bits per heavy atom. The fraction of sp³-hybridized carbons (Fsp3) is 0.613. The largest absolute Gasteiger partial charge is 0.381 e. The number of likely N-dealkylation sites (tertiary alicyclic amines) is 1. The molecule has 0 radical (unpaired) electrons. The molecule has 0 saturated carbocycles. The van der Waals surface area contributed by atoms with E-state index in [0.29, 0.717) is 64.8 Å². The first-order valence-electron chi connectivity index (χ1n) is 14.6. The van der Waals surface area contributed by atoms with E-state index in [1.165, 1.54) is 6.92 Å². The van der Waals surface area contributed by atoms with Crippen molar-refractivity contribution in [2.75, 3.05) is 26.3 Å². The third-order valence-electron chi connectivity index (χ3n) is 8.61. The summed E-state index contributed by atoms with van der Waals surface area (Å²) in [4.78, 5) is 54.5. The van der Waals surface area contributed by atoms with Crippen LogP contribution in [0.15, 0.2) is 42.5 Å². The van der Waals surface area contributed by atoms with Crippen LogP contribution in [-0.2, 0) is 30.3 Å². The third kappa shape index (κ3) is 7.30. The van der Waals surface area contributed by atoms with Crippen LogP contribution in [0.4, 0.5) is 0 Å². The number of amides is 4. The van der Waals surface area contributed by atoms with Crippen LogP contribution >= 0.6 is 0 Å². The van der Waals surface area contributed by atoms with Gasteiger partial charge < -0.3 is 25.6 Å². The fourth-order valence-corrected chi connectivity index (χ4v) is 6.11. The smallest absolute Gasteiger partial charge is 0.245 e. The van der Waals surface area contributed by atoms with Gasteiger partial charge in [-0.2, -0.15) is 0 Å². The maximum absolute atomic E-state index is 13.7. The molecule has 1 aromatic rings. The van der Waals surface area contributed by atoms with E-state index >= 15 is 0 Å². The molecular weight excluding hydrogens is 508 g/mol. The minimum absolute atomic E-state index is 0.0150. The third-order valence-corrected chi connectivity index (χ3v) is 8.61. The van der Waals surface area contributed by atoms with Gasteiger partial charge in [0.25, 0.3) is 0 Å². The molecule has 2 saturated heterocycles. The number of hydrogen-bond donors (Lipinski definition) is 3. The molecule has 40 heavy (non-hydrogen) atoms. The zero-order valence-electron chi connectivity index (χ0n) is 24.0. The average Bonchev–Trinajstić information content (AvgIpc) is 2.94. The van der Waals surface area contributed by atoms with E-state index in [0.717, 1.165) is 5.56 Å². The molecule has 3 aliphatic heterocycles. The Labute approximate surface area is 237 Å². The SMILES string of the molecule is CC(=O)N[C@H](C(=O)N1CC[C@@H]2NC(=O)[C@H](Cc3ccccc3)NC(=O)C3(C/C=C/C[C@H]2C1)CCOCC3)C(C)C. The van der Waals surface area contributed by atoms with Crippen molar-refractivity contribution >= 4 is 23.6 Å². The Bertz CT molecular complexity index is 1080. The van der Waals surface area contributed by atoms with Crippen molar-refractivity contribution in [3.05, 3.63) is 48.0 Å². The number of benzene rings is 1. The van der Waals surface area contributed by atoms with Crippen LogP contribution in [0.1, 0.15) is 58.4 Å². The van der Waals surface area contributed by atoms with Crippen molar-refractivity contribution in [1.29, 1.82) is 0 Å². The van der Waals surface area contributed by atoms with Crippen LogP contribution < -0.4 is 16.0 Å².